The number of carbonyl (C=O) groups excluding carboxylic acids is 1. The quantitative estimate of drug-likeness (QED) is 0.609. The van der Waals surface area contributed by atoms with Crippen LogP contribution in [-0.4, -0.2) is 20.6 Å². The summed E-state index contributed by atoms with van der Waals surface area (Å²) in [5, 5.41) is 4.77. The molecule has 3 aromatic carbocycles. The van der Waals surface area contributed by atoms with Gasteiger partial charge < -0.3 is 5.32 Å². The molecule has 0 spiro atoms. The maximum atomic E-state index is 13.0. The first-order valence-electron chi connectivity index (χ1n) is 8.91. The van der Waals surface area contributed by atoms with Gasteiger partial charge in [0.2, 0.25) is 5.91 Å². The molecule has 28 heavy (non-hydrogen) atoms. The first-order valence-corrected chi connectivity index (χ1v) is 11.6. The molecule has 0 unspecified atom stereocenters. The van der Waals surface area contributed by atoms with E-state index in [0.717, 1.165) is 28.5 Å². The Kier molecular flexibility index (Phi) is 4.81. The van der Waals surface area contributed by atoms with Gasteiger partial charge >= 0.3 is 0 Å². The first kappa shape index (κ1) is 18.8. The molecule has 4 rings (SSSR count). The third kappa shape index (κ3) is 3.36. The topological polar surface area (TPSA) is 75.3 Å². The van der Waals surface area contributed by atoms with Gasteiger partial charge in [0.25, 0.3) is 10.0 Å². The molecule has 2 N–H and O–H groups in total. The first-order chi connectivity index (χ1) is 13.4. The van der Waals surface area contributed by atoms with Gasteiger partial charge in [-0.25, -0.2) is 8.42 Å². The molecule has 144 valence electrons. The Balaban J connectivity index is 1.75. The molecular formula is C21H20N2O3S2. The number of rotatable bonds is 5. The van der Waals surface area contributed by atoms with Crippen molar-refractivity contribution in [1.29, 1.82) is 0 Å². The zero-order chi connectivity index (χ0) is 19.9. The molecule has 0 fully saturated rings. The van der Waals surface area contributed by atoms with E-state index in [4.69, 9.17) is 0 Å². The highest BCUT2D eigenvalue weighted by atomic mass is 32.2. The monoisotopic (exact) mass is 412 g/mol. The molecule has 1 aliphatic rings. The molecule has 0 aromatic heterocycles. The number of hydrogen-bond acceptors (Lipinski definition) is 4. The van der Waals surface area contributed by atoms with Gasteiger partial charge in [0.15, 0.2) is 0 Å². The lowest BCUT2D eigenvalue weighted by molar-refractivity contribution is -0.114. The van der Waals surface area contributed by atoms with Crippen molar-refractivity contribution < 1.29 is 13.2 Å². The highest BCUT2D eigenvalue weighted by Gasteiger charge is 2.21. The summed E-state index contributed by atoms with van der Waals surface area (Å²) in [6.07, 6.45) is 3.85. The smallest absolute Gasteiger partial charge is 0.261 e. The fraction of sp³-hybridized carbons (Fsp3) is 0.190. The Labute approximate surface area is 168 Å². The Bertz CT molecular complexity index is 1190. The van der Waals surface area contributed by atoms with Crippen LogP contribution in [0.2, 0.25) is 0 Å². The SMILES string of the molecule is CSc1ccc(S(=O)(=O)Nc2ccc3c4c(cccc24)CC3)cc1NC(C)=O. The summed E-state index contributed by atoms with van der Waals surface area (Å²) in [6.45, 7) is 1.40. The van der Waals surface area contributed by atoms with Crippen LogP contribution in [0.4, 0.5) is 11.4 Å². The minimum Gasteiger partial charge on any atom is -0.325 e. The van der Waals surface area contributed by atoms with Crippen LogP contribution in [-0.2, 0) is 27.7 Å². The van der Waals surface area contributed by atoms with Gasteiger partial charge in [-0.05, 0) is 59.9 Å². The maximum absolute atomic E-state index is 13.0. The number of nitrogens with one attached hydrogen (secondary N) is 2. The zero-order valence-corrected chi connectivity index (χ0v) is 17.2. The fourth-order valence-corrected chi connectivity index (χ4v) is 5.32. The molecule has 0 atom stereocenters. The number of sulfonamides is 1. The molecule has 7 heteroatoms. The van der Waals surface area contributed by atoms with Crippen molar-refractivity contribution in [1.82, 2.24) is 0 Å². The van der Waals surface area contributed by atoms with E-state index in [1.807, 2.05) is 30.5 Å². The average Bonchev–Trinajstić information content (AvgIpc) is 3.08. The summed E-state index contributed by atoms with van der Waals surface area (Å²) < 4.78 is 28.8. The van der Waals surface area contributed by atoms with Crippen LogP contribution in [0, 0.1) is 0 Å². The maximum Gasteiger partial charge on any atom is 0.261 e. The number of thioether (sulfide) groups is 1. The lowest BCUT2D eigenvalue weighted by Crippen LogP contribution is -2.14. The van der Waals surface area contributed by atoms with E-state index in [1.165, 1.54) is 35.9 Å². The van der Waals surface area contributed by atoms with Gasteiger partial charge in [-0.2, -0.15) is 0 Å². The lowest BCUT2D eigenvalue weighted by atomic mass is 10.0. The predicted molar refractivity (Wildman–Crippen MR) is 115 cm³/mol. The number of benzene rings is 3. The zero-order valence-electron chi connectivity index (χ0n) is 15.6. The van der Waals surface area contributed by atoms with E-state index >= 15 is 0 Å². The second kappa shape index (κ2) is 7.14. The highest BCUT2D eigenvalue weighted by Crippen LogP contribution is 2.36. The predicted octanol–water partition coefficient (Wildman–Crippen LogP) is 4.42. The summed E-state index contributed by atoms with van der Waals surface area (Å²) in [4.78, 5) is 12.4. The van der Waals surface area contributed by atoms with Crippen LogP contribution in [0.3, 0.4) is 0 Å². The normalized spacial score (nSPS) is 12.9. The van der Waals surface area contributed by atoms with Gasteiger partial charge in [-0.3, -0.25) is 9.52 Å². The number of amides is 1. The van der Waals surface area contributed by atoms with Crippen molar-refractivity contribution in [3.63, 3.8) is 0 Å². The Morgan fingerprint density at radius 1 is 1.00 bits per heavy atom. The molecule has 0 saturated carbocycles. The van der Waals surface area contributed by atoms with Gasteiger partial charge in [-0.15, -0.1) is 11.8 Å². The van der Waals surface area contributed by atoms with E-state index in [-0.39, 0.29) is 10.8 Å². The summed E-state index contributed by atoms with van der Waals surface area (Å²) in [7, 11) is -3.80. The molecule has 0 saturated heterocycles. The number of hydrogen-bond donors (Lipinski definition) is 2. The molecule has 0 aliphatic heterocycles. The van der Waals surface area contributed by atoms with E-state index in [1.54, 1.807) is 12.1 Å². The highest BCUT2D eigenvalue weighted by molar-refractivity contribution is 7.98. The van der Waals surface area contributed by atoms with Gasteiger partial charge in [-0.1, -0.05) is 24.3 Å². The molecule has 3 aromatic rings. The standard InChI is InChI=1S/C21H20N2O3S2/c1-13(24)22-19-12-16(9-11-20(19)27-2)28(25,26)23-18-10-8-15-7-6-14-4-3-5-17(18)21(14)15/h3-5,8-12,23H,6-7H2,1-2H3,(H,22,24). The summed E-state index contributed by atoms with van der Waals surface area (Å²) in [6, 6.07) is 14.6. The summed E-state index contributed by atoms with van der Waals surface area (Å²) in [5.41, 5.74) is 3.57. The molecule has 1 amide bonds. The van der Waals surface area contributed by atoms with Gasteiger partial charge in [0.05, 0.1) is 16.3 Å². The number of carbonyl (C=O) groups is 1. The summed E-state index contributed by atoms with van der Waals surface area (Å²) in [5.74, 6) is -0.245. The second-order valence-corrected chi connectivity index (χ2v) is 9.29. The molecule has 0 bridgehead atoms. The Morgan fingerprint density at radius 2 is 1.75 bits per heavy atom. The van der Waals surface area contributed by atoms with Crippen molar-refractivity contribution in [2.75, 3.05) is 16.3 Å². The van der Waals surface area contributed by atoms with E-state index in [0.29, 0.717) is 11.4 Å². The van der Waals surface area contributed by atoms with Crippen LogP contribution in [0.1, 0.15) is 18.1 Å². The van der Waals surface area contributed by atoms with E-state index < -0.39 is 10.0 Å². The Hall–Kier alpha value is -2.51. The molecule has 1 aliphatic carbocycles. The minimum absolute atomic E-state index is 0.109. The van der Waals surface area contributed by atoms with Gasteiger partial charge in [0.1, 0.15) is 0 Å². The van der Waals surface area contributed by atoms with Crippen molar-refractivity contribution in [2.24, 2.45) is 0 Å². The third-order valence-corrected chi connectivity index (χ3v) is 7.07. The van der Waals surface area contributed by atoms with Crippen molar-refractivity contribution in [3.05, 3.63) is 59.7 Å². The minimum atomic E-state index is -3.80. The van der Waals surface area contributed by atoms with Crippen LogP contribution in [0.25, 0.3) is 10.8 Å². The van der Waals surface area contributed by atoms with E-state index in [2.05, 4.69) is 16.1 Å². The van der Waals surface area contributed by atoms with Crippen molar-refractivity contribution >= 4 is 49.8 Å². The lowest BCUT2D eigenvalue weighted by Gasteiger charge is -2.14. The van der Waals surface area contributed by atoms with Crippen LogP contribution >= 0.6 is 11.8 Å². The van der Waals surface area contributed by atoms with Crippen molar-refractivity contribution in [3.8, 4) is 0 Å². The second-order valence-electron chi connectivity index (χ2n) is 6.76. The summed E-state index contributed by atoms with van der Waals surface area (Å²) >= 11 is 1.44. The Morgan fingerprint density at radius 3 is 2.46 bits per heavy atom. The molecule has 5 nitrogen and oxygen atoms in total. The number of aryl methyl sites for hydroxylation is 2. The van der Waals surface area contributed by atoms with Crippen LogP contribution in [0.15, 0.2) is 58.3 Å². The molecule has 0 heterocycles. The number of anilines is 2. The van der Waals surface area contributed by atoms with Gasteiger partial charge in [0, 0.05) is 17.2 Å². The van der Waals surface area contributed by atoms with Crippen LogP contribution < -0.4 is 10.0 Å². The third-order valence-electron chi connectivity index (χ3n) is 4.91. The molecule has 0 radical (unpaired) electrons. The molecular weight excluding hydrogens is 392 g/mol. The average molecular weight is 413 g/mol. The van der Waals surface area contributed by atoms with Crippen molar-refractivity contribution in [2.45, 2.75) is 29.6 Å². The fourth-order valence-electron chi connectivity index (χ4n) is 3.68. The van der Waals surface area contributed by atoms with E-state index in [9.17, 15) is 13.2 Å². The largest absolute Gasteiger partial charge is 0.325 e. The van der Waals surface area contributed by atoms with Crippen LogP contribution in [0.5, 0.6) is 0 Å².